The number of nitrogen functional groups attached to an aromatic ring is 1. The fourth-order valence-corrected chi connectivity index (χ4v) is 2.73. The summed E-state index contributed by atoms with van der Waals surface area (Å²) in [5.74, 6) is 6.15. The van der Waals surface area contributed by atoms with Crippen molar-refractivity contribution in [2.24, 2.45) is 12.9 Å². The second kappa shape index (κ2) is 4.65. The van der Waals surface area contributed by atoms with Gasteiger partial charge in [0.15, 0.2) is 5.13 Å². The van der Waals surface area contributed by atoms with E-state index in [9.17, 15) is 0 Å². The van der Waals surface area contributed by atoms with Gasteiger partial charge >= 0.3 is 0 Å². The SMILES string of the molecule is Cn1cc(SCc2cnc(NN)s2)cn1. The Hall–Kier alpha value is -1.05. The summed E-state index contributed by atoms with van der Waals surface area (Å²) in [4.78, 5) is 6.45. The first-order chi connectivity index (χ1) is 7.28. The highest BCUT2D eigenvalue weighted by atomic mass is 32.2. The molecule has 0 fully saturated rings. The molecule has 7 heteroatoms. The summed E-state index contributed by atoms with van der Waals surface area (Å²) in [5.41, 5.74) is 2.53. The Balaban J connectivity index is 1.93. The van der Waals surface area contributed by atoms with E-state index in [-0.39, 0.29) is 0 Å². The van der Waals surface area contributed by atoms with Crippen LogP contribution in [0.1, 0.15) is 4.88 Å². The second-order valence-corrected chi connectivity index (χ2v) is 5.08. The van der Waals surface area contributed by atoms with Crippen LogP contribution < -0.4 is 11.3 Å². The van der Waals surface area contributed by atoms with Gasteiger partial charge in [-0.2, -0.15) is 5.10 Å². The molecule has 0 radical (unpaired) electrons. The molecule has 15 heavy (non-hydrogen) atoms. The van der Waals surface area contributed by atoms with Gasteiger partial charge in [-0.3, -0.25) is 10.1 Å². The van der Waals surface area contributed by atoms with Crippen molar-refractivity contribution in [2.75, 3.05) is 5.43 Å². The molecule has 2 heterocycles. The quantitative estimate of drug-likeness (QED) is 0.482. The predicted octanol–water partition coefficient (Wildman–Crippen LogP) is 1.45. The number of rotatable bonds is 4. The van der Waals surface area contributed by atoms with Gasteiger partial charge in [0, 0.05) is 35.0 Å². The smallest absolute Gasteiger partial charge is 0.197 e. The van der Waals surface area contributed by atoms with Crippen molar-refractivity contribution in [3.8, 4) is 0 Å². The average molecular weight is 241 g/mol. The fraction of sp³-hybridized carbons (Fsp3) is 0.250. The summed E-state index contributed by atoms with van der Waals surface area (Å²) in [6.07, 6.45) is 5.69. The molecule has 2 rings (SSSR count). The van der Waals surface area contributed by atoms with Crippen LogP contribution in [0.15, 0.2) is 23.5 Å². The minimum atomic E-state index is 0.747. The van der Waals surface area contributed by atoms with Crippen LogP contribution >= 0.6 is 23.1 Å². The molecule has 0 amide bonds. The van der Waals surface area contributed by atoms with Crippen LogP contribution in [0.5, 0.6) is 0 Å². The number of anilines is 1. The number of hydrazine groups is 1. The summed E-state index contributed by atoms with van der Waals surface area (Å²) in [6, 6.07) is 0. The molecular formula is C8H11N5S2. The molecule has 0 unspecified atom stereocenters. The molecule has 2 aromatic heterocycles. The van der Waals surface area contributed by atoms with Crippen LogP contribution in [0.3, 0.4) is 0 Å². The predicted molar refractivity (Wildman–Crippen MR) is 62.7 cm³/mol. The Labute approximate surface area is 95.7 Å². The standard InChI is InChI=1S/C8H11N5S2/c1-13-4-6(3-11-13)14-5-7-2-10-8(12-9)15-7/h2-4H,5,9H2,1H3,(H,10,12). The van der Waals surface area contributed by atoms with Gasteiger partial charge in [-0.05, 0) is 0 Å². The highest BCUT2D eigenvalue weighted by Gasteiger charge is 2.02. The molecule has 0 aliphatic heterocycles. The van der Waals surface area contributed by atoms with Crippen LogP contribution in [-0.4, -0.2) is 14.8 Å². The summed E-state index contributed by atoms with van der Waals surface area (Å²) >= 11 is 3.30. The van der Waals surface area contributed by atoms with Crippen molar-refractivity contribution in [1.82, 2.24) is 14.8 Å². The Kier molecular flexibility index (Phi) is 3.24. The number of hydrogen-bond acceptors (Lipinski definition) is 6. The molecule has 80 valence electrons. The molecule has 0 aliphatic rings. The molecule has 0 aromatic carbocycles. The average Bonchev–Trinajstić information content (AvgIpc) is 2.83. The van der Waals surface area contributed by atoms with Gasteiger partial charge in [-0.1, -0.05) is 0 Å². The van der Waals surface area contributed by atoms with Crippen LogP contribution in [0.25, 0.3) is 0 Å². The van der Waals surface area contributed by atoms with Crippen molar-refractivity contribution < 1.29 is 0 Å². The van der Waals surface area contributed by atoms with Crippen LogP contribution in [-0.2, 0) is 12.8 Å². The summed E-state index contributed by atoms with van der Waals surface area (Å²) in [7, 11) is 1.91. The molecule has 5 nitrogen and oxygen atoms in total. The molecule has 0 bridgehead atoms. The number of nitrogens with one attached hydrogen (secondary N) is 1. The zero-order valence-corrected chi connectivity index (χ0v) is 9.81. The minimum Gasteiger partial charge on any atom is -0.300 e. The molecule has 0 saturated heterocycles. The fourth-order valence-electron chi connectivity index (χ4n) is 1.07. The molecular weight excluding hydrogens is 230 g/mol. The van der Waals surface area contributed by atoms with Crippen LogP contribution in [0.4, 0.5) is 5.13 Å². The van der Waals surface area contributed by atoms with E-state index in [1.165, 1.54) is 4.88 Å². The lowest BCUT2D eigenvalue weighted by Crippen LogP contribution is -2.05. The Bertz CT molecular complexity index is 436. The molecule has 0 spiro atoms. The van der Waals surface area contributed by atoms with Crippen molar-refractivity contribution in [3.63, 3.8) is 0 Å². The topological polar surface area (TPSA) is 68.8 Å². The molecule has 0 atom stereocenters. The zero-order chi connectivity index (χ0) is 10.7. The van der Waals surface area contributed by atoms with Gasteiger partial charge < -0.3 is 0 Å². The lowest BCUT2D eigenvalue weighted by molar-refractivity contribution is 0.766. The molecule has 0 aliphatic carbocycles. The van der Waals surface area contributed by atoms with Gasteiger partial charge in [0.2, 0.25) is 0 Å². The summed E-state index contributed by atoms with van der Waals surface area (Å²) < 4.78 is 1.79. The molecule has 0 saturated carbocycles. The number of aryl methyl sites for hydroxylation is 1. The van der Waals surface area contributed by atoms with Gasteiger partial charge in [0.1, 0.15) is 0 Å². The maximum absolute atomic E-state index is 5.25. The van der Waals surface area contributed by atoms with E-state index in [0.29, 0.717) is 0 Å². The number of thiazole rings is 1. The number of nitrogens with zero attached hydrogens (tertiary/aromatic N) is 3. The van der Waals surface area contributed by atoms with Gasteiger partial charge in [0.25, 0.3) is 0 Å². The van der Waals surface area contributed by atoms with E-state index in [2.05, 4.69) is 15.5 Å². The third-order valence-electron chi connectivity index (χ3n) is 1.74. The Morgan fingerprint density at radius 3 is 3.07 bits per heavy atom. The monoisotopic (exact) mass is 241 g/mol. The van der Waals surface area contributed by atoms with Gasteiger partial charge in [-0.25, -0.2) is 10.8 Å². The highest BCUT2D eigenvalue weighted by molar-refractivity contribution is 7.98. The number of aromatic nitrogens is 3. The largest absolute Gasteiger partial charge is 0.300 e. The van der Waals surface area contributed by atoms with E-state index in [0.717, 1.165) is 15.8 Å². The summed E-state index contributed by atoms with van der Waals surface area (Å²) in [6.45, 7) is 0. The van der Waals surface area contributed by atoms with Crippen molar-refractivity contribution in [2.45, 2.75) is 10.6 Å². The molecule has 2 aromatic rings. The number of nitrogens with two attached hydrogens (primary N) is 1. The molecule has 3 N–H and O–H groups in total. The number of hydrogen-bond donors (Lipinski definition) is 2. The third kappa shape index (κ3) is 2.71. The second-order valence-electron chi connectivity index (χ2n) is 2.91. The van der Waals surface area contributed by atoms with E-state index in [1.807, 2.05) is 25.6 Å². The van der Waals surface area contributed by atoms with Crippen molar-refractivity contribution in [1.29, 1.82) is 0 Å². The normalized spacial score (nSPS) is 10.5. The maximum atomic E-state index is 5.25. The zero-order valence-electron chi connectivity index (χ0n) is 8.17. The van der Waals surface area contributed by atoms with Crippen molar-refractivity contribution in [3.05, 3.63) is 23.5 Å². The first-order valence-corrected chi connectivity index (χ1v) is 6.11. The van der Waals surface area contributed by atoms with E-state index in [1.54, 1.807) is 27.8 Å². The van der Waals surface area contributed by atoms with Gasteiger partial charge in [0.05, 0.1) is 6.20 Å². The van der Waals surface area contributed by atoms with Crippen LogP contribution in [0.2, 0.25) is 0 Å². The lowest BCUT2D eigenvalue weighted by Gasteiger charge is -1.93. The van der Waals surface area contributed by atoms with Crippen LogP contribution in [0, 0.1) is 0 Å². The first kappa shape index (κ1) is 10.5. The van der Waals surface area contributed by atoms with E-state index >= 15 is 0 Å². The first-order valence-electron chi connectivity index (χ1n) is 4.30. The Morgan fingerprint density at radius 2 is 2.47 bits per heavy atom. The minimum absolute atomic E-state index is 0.747. The summed E-state index contributed by atoms with van der Waals surface area (Å²) in [5, 5.41) is 4.85. The van der Waals surface area contributed by atoms with E-state index in [4.69, 9.17) is 5.84 Å². The number of thioether (sulfide) groups is 1. The lowest BCUT2D eigenvalue weighted by atomic mass is 10.6. The van der Waals surface area contributed by atoms with Crippen molar-refractivity contribution >= 4 is 28.2 Å². The highest BCUT2D eigenvalue weighted by Crippen LogP contribution is 2.26. The van der Waals surface area contributed by atoms with E-state index < -0.39 is 0 Å². The Morgan fingerprint density at radius 1 is 1.60 bits per heavy atom. The third-order valence-corrected chi connectivity index (χ3v) is 3.85. The maximum Gasteiger partial charge on any atom is 0.197 e. The van der Waals surface area contributed by atoms with Gasteiger partial charge in [-0.15, -0.1) is 23.1 Å².